The Labute approximate surface area is 90.9 Å². The summed E-state index contributed by atoms with van der Waals surface area (Å²) in [4.78, 5) is 10.6. The van der Waals surface area contributed by atoms with Crippen molar-refractivity contribution in [3.05, 3.63) is 40.9 Å². The molecule has 0 saturated carbocycles. The molecule has 0 radical (unpaired) electrons. The second-order valence-electron chi connectivity index (χ2n) is 2.27. The first-order valence-corrected chi connectivity index (χ1v) is 4.57. The van der Waals surface area contributed by atoms with Gasteiger partial charge >= 0.3 is 0 Å². The molecule has 0 N–H and O–H groups in total. The van der Waals surface area contributed by atoms with Gasteiger partial charge in [-0.3, -0.25) is 4.79 Å². The van der Waals surface area contributed by atoms with Crippen molar-refractivity contribution in [1.29, 1.82) is 0 Å². The Morgan fingerprint density at radius 1 is 1.00 bits per heavy atom. The Bertz CT molecular complexity index is 343. The summed E-state index contributed by atoms with van der Waals surface area (Å²) in [7, 11) is 0. The first-order valence-electron chi connectivity index (χ1n) is 3.43. The Morgan fingerprint density at radius 2 is 1.54 bits per heavy atom. The highest BCUT2D eigenvalue weighted by molar-refractivity contribution is 6.77. The number of hydrogen-bond donors (Lipinski definition) is 0. The van der Waals surface area contributed by atoms with Gasteiger partial charge in [0.15, 0.2) is 0 Å². The van der Waals surface area contributed by atoms with E-state index in [1.165, 1.54) is 0 Å². The van der Waals surface area contributed by atoms with Gasteiger partial charge in [-0.25, -0.2) is 0 Å². The van der Waals surface area contributed by atoms with Crippen molar-refractivity contribution in [2.24, 2.45) is 0 Å². The number of benzene rings is 1. The molecule has 1 aromatic rings. The highest BCUT2D eigenvalue weighted by atomic mass is 35.5. The molecule has 0 amide bonds. The molecule has 0 unspecified atom stereocenters. The molecule has 68 valence electrons. The lowest BCUT2D eigenvalue weighted by Gasteiger charge is -1.99. The standard InChI is InChI=1S/C9H5Cl3O/c10-7(8(11)9(12)13)6-4-2-1-3-5-6/h1-5H/b8-7+. The van der Waals surface area contributed by atoms with Crippen LogP contribution in [0.4, 0.5) is 0 Å². The second-order valence-corrected chi connectivity index (χ2v) is 3.37. The fourth-order valence-electron chi connectivity index (χ4n) is 0.797. The van der Waals surface area contributed by atoms with Crippen molar-refractivity contribution in [3.63, 3.8) is 0 Å². The zero-order chi connectivity index (χ0) is 9.84. The Balaban J connectivity index is 3.11. The van der Waals surface area contributed by atoms with Crippen molar-refractivity contribution < 1.29 is 4.79 Å². The van der Waals surface area contributed by atoms with Crippen molar-refractivity contribution in [1.82, 2.24) is 0 Å². The molecule has 0 bridgehead atoms. The van der Waals surface area contributed by atoms with Crippen LogP contribution in [0.1, 0.15) is 5.56 Å². The van der Waals surface area contributed by atoms with E-state index in [1.807, 2.05) is 6.07 Å². The first-order chi connectivity index (χ1) is 6.13. The van der Waals surface area contributed by atoms with Crippen molar-refractivity contribution in [2.45, 2.75) is 0 Å². The molecule has 0 fully saturated rings. The van der Waals surface area contributed by atoms with Crippen LogP contribution in [0.15, 0.2) is 35.4 Å². The third-order valence-electron chi connectivity index (χ3n) is 1.39. The van der Waals surface area contributed by atoms with Crippen LogP contribution in [0, 0.1) is 0 Å². The van der Waals surface area contributed by atoms with Crippen LogP contribution >= 0.6 is 34.8 Å². The molecule has 0 atom stereocenters. The smallest absolute Gasteiger partial charge is 0.265 e. The van der Waals surface area contributed by atoms with Crippen LogP contribution in [0.2, 0.25) is 0 Å². The molecular formula is C9H5Cl3O. The number of allylic oxidation sites excluding steroid dienone is 1. The van der Waals surface area contributed by atoms with Gasteiger partial charge in [-0.1, -0.05) is 53.5 Å². The molecule has 0 heterocycles. The minimum absolute atomic E-state index is 0.158. The van der Waals surface area contributed by atoms with Gasteiger partial charge in [-0.15, -0.1) is 0 Å². The molecule has 1 aromatic carbocycles. The van der Waals surface area contributed by atoms with Crippen LogP contribution < -0.4 is 0 Å². The fraction of sp³-hybridized carbons (Fsp3) is 0. The van der Waals surface area contributed by atoms with E-state index in [0.29, 0.717) is 5.56 Å². The maximum atomic E-state index is 10.6. The van der Waals surface area contributed by atoms with Crippen molar-refractivity contribution in [2.75, 3.05) is 0 Å². The zero-order valence-corrected chi connectivity index (χ0v) is 8.70. The number of rotatable bonds is 2. The third-order valence-corrected chi connectivity index (χ3v) is 2.54. The zero-order valence-electron chi connectivity index (χ0n) is 6.43. The number of hydrogen-bond acceptors (Lipinski definition) is 1. The molecule has 0 aliphatic carbocycles. The molecule has 0 aliphatic heterocycles. The highest BCUT2D eigenvalue weighted by Crippen LogP contribution is 2.26. The summed E-state index contributed by atoms with van der Waals surface area (Å²) in [6.45, 7) is 0. The van der Waals surface area contributed by atoms with Crippen LogP contribution in [-0.2, 0) is 4.79 Å². The van der Waals surface area contributed by atoms with Gasteiger partial charge in [0.25, 0.3) is 5.24 Å². The molecule has 1 nitrogen and oxygen atoms in total. The predicted octanol–water partition coefficient (Wildman–Crippen LogP) is 3.60. The van der Waals surface area contributed by atoms with Crippen molar-refractivity contribution in [3.8, 4) is 0 Å². The Kier molecular flexibility index (Phi) is 3.79. The minimum atomic E-state index is -0.754. The van der Waals surface area contributed by atoms with E-state index >= 15 is 0 Å². The highest BCUT2D eigenvalue weighted by Gasteiger charge is 2.09. The predicted molar refractivity (Wildman–Crippen MR) is 55.9 cm³/mol. The molecule has 0 saturated heterocycles. The molecule has 1 rings (SSSR count). The second kappa shape index (κ2) is 4.66. The minimum Gasteiger partial charge on any atom is -0.275 e. The summed E-state index contributed by atoms with van der Waals surface area (Å²) in [6, 6.07) is 8.90. The third kappa shape index (κ3) is 2.73. The van der Waals surface area contributed by atoms with E-state index in [-0.39, 0.29) is 10.1 Å². The average Bonchev–Trinajstić information content (AvgIpc) is 2.17. The van der Waals surface area contributed by atoms with Gasteiger partial charge in [-0.05, 0) is 17.2 Å². The maximum Gasteiger partial charge on any atom is 0.265 e. The van der Waals surface area contributed by atoms with Gasteiger partial charge in [-0.2, -0.15) is 0 Å². The monoisotopic (exact) mass is 234 g/mol. The molecule has 0 aromatic heterocycles. The lowest BCUT2D eigenvalue weighted by atomic mass is 10.2. The van der Waals surface area contributed by atoms with Gasteiger partial charge in [0, 0.05) is 0 Å². The summed E-state index contributed by atoms with van der Waals surface area (Å²) in [6.07, 6.45) is 0. The van der Waals surface area contributed by atoms with E-state index in [2.05, 4.69) is 0 Å². The summed E-state index contributed by atoms with van der Waals surface area (Å²) < 4.78 is 0. The Morgan fingerprint density at radius 3 is 2.00 bits per heavy atom. The quantitative estimate of drug-likeness (QED) is 0.565. The molecular weight excluding hydrogens is 230 g/mol. The normalized spacial score (nSPS) is 12.2. The SMILES string of the molecule is O=C(Cl)/C(Cl)=C(\Cl)c1ccccc1. The van der Waals surface area contributed by atoms with E-state index in [4.69, 9.17) is 34.8 Å². The Hall–Kier alpha value is -0.500. The first kappa shape index (κ1) is 10.6. The van der Waals surface area contributed by atoms with E-state index < -0.39 is 5.24 Å². The topological polar surface area (TPSA) is 17.1 Å². The van der Waals surface area contributed by atoms with Gasteiger partial charge < -0.3 is 0 Å². The van der Waals surface area contributed by atoms with Gasteiger partial charge in [0.2, 0.25) is 0 Å². The summed E-state index contributed by atoms with van der Waals surface area (Å²) >= 11 is 16.5. The lowest BCUT2D eigenvalue weighted by Crippen LogP contribution is -1.88. The summed E-state index contributed by atoms with van der Waals surface area (Å²) in [5.41, 5.74) is 0.670. The van der Waals surface area contributed by atoms with Crippen LogP contribution in [-0.4, -0.2) is 5.24 Å². The number of carbonyl (C=O) groups excluding carboxylic acids is 1. The van der Waals surface area contributed by atoms with Gasteiger partial charge in [0.1, 0.15) is 5.03 Å². The number of carbonyl (C=O) groups is 1. The molecule has 13 heavy (non-hydrogen) atoms. The van der Waals surface area contributed by atoms with E-state index in [9.17, 15) is 4.79 Å². The maximum absolute atomic E-state index is 10.6. The van der Waals surface area contributed by atoms with Gasteiger partial charge in [0.05, 0.1) is 5.03 Å². The molecule has 0 spiro atoms. The van der Waals surface area contributed by atoms with E-state index in [0.717, 1.165) is 0 Å². The molecule has 0 aliphatic rings. The number of halogens is 3. The summed E-state index contributed by atoms with van der Waals surface area (Å²) in [5, 5.41) is -0.743. The largest absolute Gasteiger partial charge is 0.275 e. The lowest BCUT2D eigenvalue weighted by molar-refractivity contribution is -0.107. The van der Waals surface area contributed by atoms with E-state index in [1.54, 1.807) is 24.3 Å². The van der Waals surface area contributed by atoms with Crippen LogP contribution in [0.3, 0.4) is 0 Å². The van der Waals surface area contributed by atoms with Crippen LogP contribution in [0.25, 0.3) is 5.03 Å². The fourth-order valence-corrected chi connectivity index (χ4v) is 1.26. The average molecular weight is 235 g/mol. The molecule has 4 heteroatoms. The summed E-state index contributed by atoms with van der Waals surface area (Å²) in [5.74, 6) is 0. The van der Waals surface area contributed by atoms with Crippen LogP contribution in [0.5, 0.6) is 0 Å². The van der Waals surface area contributed by atoms with Crippen molar-refractivity contribution >= 4 is 45.1 Å².